The summed E-state index contributed by atoms with van der Waals surface area (Å²) in [5, 5.41) is 11.5. The van der Waals surface area contributed by atoms with Gasteiger partial charge in [0.25, 0.3) is 0 Å². The summed E-state index contributed by atoms with van der Waals surface area (Å²) in [6.45, 7) is 3.95. The molecule has 1 unspecified atom stereocenters. The van der Waals surface area contributed by atoms with Gasteiger partial charge in [-0.25, -0.2) is 0 Å². The molecule has 4 nitrogen and oxygen atoms in total. The van der Waals surface area contributed by atoms with Crippen LogP contribution in [0.25, 0.3) is 0 Å². The van der Waals surface area contributed by atoms with Gasteiger partial charge in [0.1, 0.15) is 0 Å². The van der Waals surface area contributed by atoms with Crippen molar-refractivity contribution in [1.82, 2.24) is 0 Å². The second kappa shape index (κ2) is 5.29. The number of carbonyl (C=O) groups is 1. The summed E-state index contributed by atoms with van der Waals surface area (Å²) in [5.41, 5.74) is 7.53. The molecule has 0 aliphatic carbocycles. The molecule has 0 saturated heterocycles. The fraction of sp³-hybridized carbons (Fsp3) is 0.333. The van der Waals surface area contributed by atoms with Crippen LogP contribution in [0.5, 0.6) is 0 Å². The van der Waals surface area contributed by atoms with Crippen molar-refractivity contribution in [3.8, 4) is 6.07 Å². The molecule has 0 aromatic heterocycles. The zero-order chi connectivity index (χ0) is 12.1. The van der Waals surface area contributed by atoms with E-state index in [-0.39, 0.29) is 11.8 Å². The first-order valence-electron chi connectivity index (χ1n) is 5.10. The maximum absolute atomic E-state index is 11.6. The van der Waals surface area contributed by atoms with E-state index in [0.717, 1.165) is 5.56 Å². The fourth-order valence-corrected chi connectivity index (χ4v) is 1.19. The molecule has 16 heavy (non-hydrogen) atoms. The summed E-state index contributed by atoms with van der Waals surface area (Å²) in [6.07, 6.45) is 0. The molecular formula is C12H15N3O. The Labute approximate surface area is 95.1 Å². The van der Waals surface area contributed by atoms with Gasteiger partial charge in [0.15, 0.2) is 0 Å². The molecule has 0 fully saturated rings. The van der Waals surface area contributed by atoms with Gasteiger partial charge in [-0.05, 0) is 24.6 Å². The van der Waals surface area contributed by atoms with E-state index < -0.39 is 0 Å². The number of nitrogens with zero attached hydrogens (tertiary/aromatic N) is 1. The Morgan fingerprint density at radius 2 is 2.31 bits per heavy atom. The van der Waals surface area contributed by atoms with E-state index in [2.05, 4.69) is 5.32 Å². The number of hydrogen-bond acceptors (Lipinski definition) is 3. The Morgan fingerprint density at radius 1 is 1.62 bits per heavy atom. The number of hydrogen-bond donors (Lipinski definition) is 2. The van der Waals surface area contributed by atoms with Crippen LogP contribution in [0, 0.1) is 24.2 Å². The number of benzene rings is 1. The predicted molar refractivity (Wildman–Crippen MR) is 62.7 cm³/mol. The van der Waals surface area contributed by atoms with Crippen molar-refractivity contribution < 1.29 is 4.79 Å². The van der Waals surface area contributed by atoms with Crippen molar-refractivity contribution in [2.75, 3.05) is 11.9 Å². The van der Waals surface area contributed by atoms with Gasteiger partial charge in [-0.3, -0.25) is 4.79 Å². The quantitative estimate of drug-likeness (QED) is 0.803. The first-order chi connectivity index (χ1) is 7.58. The Bertz CT molecular complexity index is 434. The fourth-order valence-electron chi connectivity index (χ4n) is 1.19. The summed E-state index contributed by atoms with van der Waals surface area (Å²) in [5.74, 6) is -0.356. The first kappa shape index (κ1) is 12.2. The molecule has 1 amide bonds. The lowest BCUT2D eigenvalue weighted by Crippen LogP contribution is -2.26. The van der Waals surface area contributed by atoms with E-state index in [1.165, 1.54) is 0 Å². The number of nitrogens with one attached hydrogen (secondary N) is 1. The minimum absolute atomic E-state index is 0.124. The first-order valence-corrected chi connectivity index (χ1v) is 5.10. The minimum atomic E-state index is -0.231. The van der Waals surface area contributed by atoms with Crippen molar-refractivity contribution in [2.45, 2.75) is 13.8 Å². The summed E-state index contributed by atoms with van der Waals surface area (Å²) in [4.78, 5) is 11.6. The number of anilines is 1. The number of amides is 1. The van der Waals surface area contributed by atoms with Gasteiger partial charge in [0, 0.05) is 18.2 Å². The van der Waals surface area contributed by atoms with Gasteiger partial charge in [0.2, 0.25) is 5.91 Å². The Kier molecular flexibility index (Phi) is 4.03. The standard InChI is InChI=1S/C12H15N3O/c1-8-3-4-10(7-14)5-11(8)15-12(16)9(2)6-13/h3-5,9H,6,13H2,1-2H3,(H,15,16). The summed E-state index contributed by atoms with van der Waals surface area (Å²) >= 11 is 0. The van der Waals surface area contributed by atoms with Crippen LogP contribution in [0.15, 0.2) is 18.2 Å². The SMILES string of the molecule is Cc1ccc(C#N)cc1NC(=O)C(C)CN. The van der Waals surface area contributed by atoms with Gasteiger partial charge >= 0.3 is 0 Å². The lowest BCUT2D eigenvalue weighted by molar-refractivity contribution is -0.119. The van der Waals surface area contributed by atoms with E-state index in [1.807, 2.05) is 13.0 Å². The zero-order valence-corrected chi connectivity index (χ0v) is 9.45. The Hall–Kier alpha value is -1.86. The largest absolute Gasteiger partial charge is 0.330 e. The van der Waals surface area contributed by atoms with Gasteiger partial charge in [0.05, 0.1) is 11.6 Å². The average molecular weight is 217 g/mol. The van der Waals surface area contributed by atoms with E-state index in [0.29, 0.717) is 17.8 Å². The molecule has 1 aromatic carbocycles. The van der Waals surface area contributed by atoms with Gasteiger partial charge < -0.3 is 11.1 Å². The van der Waals surface area contributed by atoms with Gasteiger partial charge in [-0.2, -0.15) is 5.26 Å². The predicted octanol–water partition coefficient (Wildman–Crippen LogP) is 1.40. The molecule has 1 rings (SSSR count). The molecule has 1 aromatic rings. The average Bonchev–Trinajstić information content (AvgIpc) is 2.30. The summed E-state index contributed by atoms with van der Waals surface area (Å²) in [6, 6.07) is 7.22. The highest BCUT2D eigenvalue weighted by Crippen LogP contribution is 2.17. The van der Waals surface area contributed by atoms with Crippen LogP contribution < -0.4 is 11.1 Å². The second-order valence-corrected chi connectivity index (χ2v) is 3.77. The van der Waals surface area contributed by atoms with Crippen molar-refractivity contribution in [3.05, 3.63) is 29.3 Å². The normalized spacial score (nSPS) is 11.6. The number of aryl methyl sites for hydroxylation is 1. The van der Waals surface area contributed by atoms with E-state index in [4.69, 9.17) is 11.0 Å². The Balaban J connectivity index is 2.89. The van der Waals surface area contributed by atoms with E-state index in [1.54, 1.807) is 25.1 Å². The lowest BCUT2D eigenvalue weighted by atomic mass is 10.1. The van der Waals surface area contributed by atoms with E-state index >= 15 is 0 Å². The molecule has 84 valence electrons. The summed E-state index contributed by atoms with van der Waals surface area (Å²) < 4.78 is 0. The van der Waals surface area contributed by atoms with Crippen molar-refractivity contribution >= 4 is 11.6 Å². The smallest absolute Gasteiger partial charge is 0.228 e. The maximum Gasteiger partial charge on any atom is 0.228 e. The summed E-state index contributed by atoms with van der Waals surface area (Å²) in [7, 11) is 0. The molecule has 0 heterocycles. The second-order valence-electron chi connectivity index (χ2n) is 3.77. The molecular weight excluding hydrogens is 202 g/mol. The van der Waals surface area contributed by atoms with Crippen LogP contribution >= 0.6 is 0 Å². The highest BCUT2D eigenvalue weighted by molar-refractivity contribution is 5.93. The van der Waals surface area contributed by atoms with Crippen LogP contribution in [0.3, 0.4) is 0 Å². The monoisotopic (exact) mass is 217 g/mol. The van der Waals surface area contributed by atoms with E-state index in [9.17, 15) is 4.79 Å². The Morgan fingerprint density at radius 3 is 2.88 bits per heavy atom. The molecule has 1 atom stereocenters. The van der Waals surface area contributed by atoms with Crippen LogP contribution in [-0.2, 0) is 4.79 Å². The molecule has 0 saturated carbocycles. The third-order valence-corrected chi connectivity index (χ3v) is 2.43. The van der Waals surface area contributed by atoms with Crippen LogP contribution in [0.4, 0.5) is 5.69 Å². The van der Waals surface area contributed by atoms with Crippen LogP contribution in [0.1, 0.15) is 18.1 Å². The number of nitrogens with two attached hydrogens (primary N) is 1. The third kappa shape index (κ3) is 2.81. The van der Waals surface area contributed by atoms with Crippen LogP contribution in [0.2, 0.25) is 0 Å². The molecule has 0 spiro atoms. The van der Waals surface area contributed by atoms with Crippen molar-refractivity contribution in [2.24, 2.45) is 11.7 Å². The number of nitriles is 1. The molecule has 0 radical (unpaired) electrons. The number of carbonyl (C=O) groups excluding carboxylic acids is 1. The van der Waals surface area contributed by atoms with Crippen LogP contribution in [-0.4, -0.2) is 12.5 Å². The van der Waals surface area contributed by atoms with Gasteiger partial charge in [-0.15, -0.1) is 0 Å². The minimum Gasteiger partial charge on any atom is -0.330 e. The third-order valence-electron chi connectivity index (χ3n) is 2.43. The molecule has 0 bridgehead atoms. The zero-order valence-electron chi connectivity index (χ0n) is 9.45. The molecule has 0 aliphatic rings. The highest BCUT2D eigenvalue weighted by atomic mass is 16.1. The number of rotatable bonds is 3. The van der Waals surface area contributed by atoms with Gasteiger partial charge in [-0.1, -0.05) is 13.0 Å². The van der Waals surface area contributed by atoms with Crippen molar-refractivity contribution in [3.63, 3.8) is 0 Å². The molecule has 3 N–H and O–H groups in total. The topological polar surface area (TPSA) is 78.9 Å². The molecule has 0 aliphatic heterocycles. The lowest BCUT2D eigenvalue weighted by Gasteiger charge is -2.12. The maximum atomic E-state index is 11.6. The van der Waals surface area contributed by atoms with Crippen molar-refractivity contribution in [1.29, 1.82) is 5.26 Å². The highest BCUT2D eigenvalue weighted by Gasteiger charge is 2.12. The molecule has 4 heteroatoms.